The lowest BCUT2D eigenvalue weighted by molar-refractivity contribution is -0.141. The average Bonchev–Trinajstić information content (AvgIpc) is 3.16. The Morgan fingerprint density at radius 3 is 2.52 bits per heavy atom. The first-order valence-corrected chi connectivity index (χ1v) is 10.0. The highest BCUT2D eigenvalue weighted by Gasteiger charge is 2.30. The van der Waals surface area contributed by atoms with E-state index in [9.17, 15) is 18.0 Å². The van der Waals surface area contributed by atoms with Gasteiger partial charge < -0.3 is 20.1 Å². The minimum absolute atomic E-state index is 0.00810. The highest BCUT2D eigenvalue weighted by atomic mass is 32.2. The van der Waals surface area contributed by atoms with Crippen LogP contribution in [0.5, 0.6) is 5.75 Å². The van der Waals surface area contributed by atoms with Crippen LogP contribution in [0.25, 0.3) is 0 Å². The molecule has 1 aliphatic heterocycles. The summed E-state index contributed by atoms with van der Waals surface area (Å²) in [5.41, 5.74) is 0.286. The third kappa shape index (κ3) is 4.89. The van der Waals surface area contributed by atoms with E-state index in [1.807, 2.05) is 0 Å². The second kappa shape index (κ2) is 8.57. The number of carboxylic acid groups (broad SMARTS) is 1. The Bertz CT molecular complexity index is 805. The van der Waals surface area contributed by atoms with Crippen LogP contribution in [-0.4, -0.2) is 68.5 Å². The Kier molecular flexibility index (Phi) is 6.66. The van der Waals surface area contributed by atoms with Gasteiger partial charge in [-0.3, -0.25) is 4.79 Å². The fourth-order valence-electron chi connectivity index (χ4n) is 2.81. The number of hydrogen-bond acceptors (Lipinski definition) is 5. The number of nitrogens with zero attached hydrogens (tertiary/aromatic N) is 2. The molecule has 27 heavy (non-hydrogen) atoms. The van der Waals surface area contributed by atoms with E-state index >= 15 is 0 Å². The summed E-state index contributed by atoms with van der Waals surface area (Å²) in [6.07, 6.45) is 1.62. The largest absolute Gasteiger partial charge is 0.495 e. The molecule has 1 unspecified atom stereocenters. The summed E-state index contributed by atoms with van der Waals surface area (Å²) in [5, 5.41) is 11.5. The molecule has 0 aliphatic carbocycles. The van der Waals surface area contributed by atoms with E-state index in [1.54, 1.807) is 0 Å². The normalized spacial score (nSPS) is 16.0. The number of carboxylic acids is 1. The summed E-state index contributed by atoms with van der Waals surface area (Å²) in [6.45, 7) is 2.44. The van der Waals surface area contributed by atoms with Crippen LogP contribution in [0.4, 0.5) is 10.5 Å². The van der Waals surface area contributed by atoms with Crippen molar-refractivity contribution in [3.8, 4) is 5.75 Å². The van der Waals surface area contributed by atoms with E-state index in [1.165, 1.54) is 48.5 Å². The van der Waals surface area contributed by atoms with Crippen LogP contribution in [0.3, 0.4) is 0 Å². The van der Waals surface area contributed by atoms with Crippen LogP contribution in [0.2, 0.25) is 0 Å². The molecule has 1 heterocycles. The molecule has 0 aromatic heterocycles. The van der Waals surface area contributed by atoms with E-state index in [4.69, 9.17) is 9.84 Å². The number of carbonyl (C=O) groups excluding carboxylic acids is 1. The van der Waals surface area contributed by atoms with Crippen LogP contribution in [-0.2, 0) is 14.8 Å². The number of sulfonamides is 1. The SMILES string of the molecule is COc1ccc(NC(=O)N(C)CC(C)C(=O)O)cc1S(=O)(=O)N1CCCC1. The maximum Gasteiger partial charge on any atom is 0.321 e. The van der Waals surface area contributed by atoms with Crippen molar-refractivity contribution in [1.82, 2.24) is 9.21 Å². The molecular weight excluding hydrogens is 374 g/mol. The van der Waals surface area contributed by atoms with Gasteiger partial charge in [0.25, 0.3) is 0 Å². The van der Waals surface area contributed by atoms with Crippen molar-refractivity contribution in [3.63, 3.8) is 0 Å². The first-order chi connectivity index (χ1) is 12.7. The fourth-order valence-corrected chi connectivity index (χ4v) is 4.51. The Morgan fingerprint density at radius 2 is 1.96 bits per heavy atom. The summed E-state index contributed by atoms with van der Waals surface area (Å²) in [6, 6.07) is 3.85. The van der Waals surface area contributed by atoms with Gasteiger partial charge in [0, 0.05) is 32.4 Å². The fraction of sp³-hybridized carbons (Fsp3) is 0.529. The molecule has 9 nitrogen and oxygen atoms in total. The van der Waals surface area contributed by atoms with Gasteiger partial charge in [-0.25, -0.2) is 13.2 Å². The van der Waals surface area contributed by atoms with Gasteiger partial charge in [-0.15, -0.1) is 0 Å². The Balaban J connectivity index is 2.21. The van der Waals surface area contributed by atoms with Crippen LogP contribution >= 0.6 is 0 Å². The first kappa shape index (κ1) is 21.0. The second-order valence-corrected chi connectivity index (χ2v) is 8.43. The van der Waals surface area contributed by atoms with Gasteiger partial charge in [0.2, 0.25) is 10.0 Å². The number of benzene rings is 1. The van der Waals surface area contributed by atoms with Gasteiger partial charge in [-0.1, -0.05) is 6.92 Å². The Morgan fingerprint density at radius 1 is 1.33 bits per heavy atom. The monoisotopic (exact) mass is 399 g/mol. The van der Waals surface area contributed by atoms with Crippen molar-refractivity contribution in [2.45, 2.75) is 24.7 Å². The van der Waals surface area contributed by atoms with Crippen molar-refractivity contribution in [2.75, 3.05) is 39.1 Å². The summed E-state index contributed by atoms with van der Waals surface area (Å²) in [5.74, 6) is -1.52. The lowest BCUT2D eigenvalue weighted by atomic mass is 10.2. The zero-order valence-corrected chi connectivity index (χ0v) is 16.5. The number of urea groups is 1. The number of rotatable bonds is 7. The van der Waals surface area contributed by atoms with Gasteiger partial charge >= 0.3 is 12.0 Å². The Labute approximate surface area is 159 Å². The van der Waals surface area contributed by atoms with Crippen LogP contribution in [0.1, 0.15) is 19.8 Å². The number of ether oxygens (including phenoxy) is 1. The highest BCUT2D eigenvalue weighted by molar-refractivity contribution is 7.89. The number of aliphatic carboxylic acids is 1. The lowest BCUT2D eigenvalue weighted by Crippen LogP contribution is -2.36. The quantitative estimate of drug-likeness (QED) is 0.720. The lowest BCUT2D eigenvalue weighted by Gasteiger charge is -2.21. The van der Waals surface area contributed by atoms with Gasteiger partial charge in [-0.05, 0) is 31.0 Å². The Hall–Kier alpha value is -2.33. The minimum atomic E-state index is -3.72. The molecule has 2 rings (SSSR count). The molecule has 0 radical (unpaired) electrons. The van der Waals surface area contributed by atoms with E-state index in [2.05, 4.69) is 5.32 Å². The molecule has 1 fully saturated rings. The first-order valence-electron chi connectivity index (χ1n) is 8.60. The minimum Gasteiger partial charge on any atom is -0.495 e. The van der Waals surface area contributed by atoms with Crippen molar-refractivity contribution in [1.29, 1.82) is 0 Å². The number of amides is 2. The number of methoxy groups -OCH3 is 1. The van der Waals surface area contributed by atoms with E-state index in [0.717, 1.165) is 12.8 Å². The third-order valence-electron chi connectivity index (χ3n) is 4.41. The van der Waals surface area contributed by atoms with Crippen molar-refractivity contribution in [2.24, 2.45) is 5.92 Å². The molecule has 1 saturated heterocycles. The molecule has 2 amide bonds. The van der Waals surface area contributed by atoms with Crippen LogP contribution < -0.4 is 10.1 Å². The standard InChI is InChI=1S/C17H25N3O6S/c1-12(16(21)22)11-19(2)17(23)18-13-6-7-14(26-3)15(10-13)27(24,25)20-8-4-5-9-20/h6-7,10,12H,4-5,8-9,11H2,1-3H3,(H,18,23)(H,21,22). The highest BCUT2D eigenvalue weighted by Crippen LogP contribution is 2.31. The summed E-state index contributed by atoms with van der Waals surface area (Å²) >= 11 is 0. The van der Waals surface area contributed by atoms with Crippen molar-refractivity contribution in [3.05, 3.63) is 18.2 Å². The smallest absolute Gasteiger partial charge is 0.321 e. The molecule has 1 atom stereocenters. The molecule has 0 saturated carbocycles. The van der Waals surface area contributed by atoms with Crippen molar-refractivity contribution >= 4 is 27.7 Å². The molecule has 1 aromatic carbocycles. The summed E-state index contributed by atoms with van der Waals surface area (Å²) in [7, 11) is -0.866. The van der Waals surface area contributed by atoms with E-state index < -0.39 is 27.9 Å². The second-order valence-electron chi connectivity index (χ2n) is 6.53. The maximum atomic E-state index is 12.9. The molecule has 1 aromatic rings. The van der Waals surface area contributed by atoms with Gasteiger partial charge in [0.15, 0.2) is 0 Å². The number of anilines is 1. The summed E-state index contributed by atoms with van der Waals surface area (Å²) < 4.78 is 32.3. The van der Waals surface area contributed by atoms with Crippen LogP contribution in [0, 0.1) is 5.92 Å². The zero-order valence-electron chi connectivity index (χ0n) is 15.6. The molecule has 0 spiro atoms. The zero-order chi connectivity index (χ0) is 20.2. The topological polar surface area (TPSA) is 116 Å². The van der Waals surface area contributed by atoms with Crippen LogP contribution in [0.15, 0.2) is 23.1 Å². The maximum absolute atomic E-state index is 12.9. The number of carbonyl (C=O) groups is 2. The molecular formula is C17H25N3O6S. The molecule has 2 N–H and O–H groups in total. The molecule has 10 heteroatoms. The summed E-state index contributed by atoms with van der Waals surface area (Å²) in [4.78, 5) is 24.4. The predicted octanol–water partition coefficient (Wildman–Crippen LogP) is 1.66. The number of nitrogens with one attached hydrogen (secondary N) is 1. The van der Waals surface area contributed by atoms with Gasteiger partial charge in [0.1, 0.15) is 10.6 Å². The third-order valence-corrected chi connectivity index (χ3v) is 6.33. The van der Waals surface area contributed by atoms with E-state index in [-0.39, 0.29) is 22.9 Å². The van der Waals surface area contributed by atoms with E-state index in [0.29, 0.717) is 13.1 Å². The predicted molar refractivity (Wildman–Crippen MR) is 99.4 cm³/mol. The molecule has 1 aliphatic rings. The van der Waals surface area contributed by atoms with Gasteiger partial charge in [-0.2, -0.15) is 4.31 Å². The van der Waals surface area contributed by atoms with Gasteiger partial charge in [0.05, 0.1) is 13.0 Å². The average molecular weight is 399 g/mol. The molecule has 0 bridgehead atoms. The number of hydrogen-bond donors (Lipinski definition) is 2. The molecule has 150 valence electrons. The van der Waals surface area contributed by atoms with Crippen molar-refractivity contribution < 1.29 is 27.9 Å².